The van der Waals surface area contributed by atoms with Crippen molar-refractivity contribution in [1.29, 1.82) is 0 Å². The molecule has 34 heavy (non-hydrogen) atoms. The minimum absolute atomic E-state index is 0.396. The second-order valence-corrected chi connectivity index (χ2v) is 7.84. The second kappa shape index (κ2) is 10.9. The lowest BCUT2D eigenvalue weighted by Gasteiger charge is -2.18. The Balaban J connectivity index is 1.46. The predicted octanol–water partition coefficient (Wildman–Crippen LogP) is 2.66. The number of hydrogen-bond acceptors (Lipinski definition) is 7. The van der Waals surface area contributed by atoms with Crippen molar-refractivity contribution in [3.05, 3.63) is 60.1 Å². The van der Waals surface area contributed by atoms with Crippen LogP contribution in [-0.2, 0) is 6.54 Å². The fourth-order valence-electron chi connectivity index (χ4n) is 3.02. The van der Waals surface area contributed by atoms with E-state index >= 15 is 0 Å². The van der Waals surface area contributed by atoms with Crippen LogP contribution in [0.25, 0.3) is 5.82 Å². The summed E-state index contributed by atoms with van der Waals surface area (Å²) in [5.41, 5.74) is 8.55. The number of aromatic nitrogens is 5. The van der Waals surface area contributed by atoms with Gasteiger partial charge in [-0.3, -0.25) is 10.3 Å². The van der Waals surface area contributed by atoms with Crippen molar-refractivity contribution in [2.45, 2.75) is 38.9 Å². The van der Waals surface area contributed by atoms with E-state index in [-0.39, 0.29) is 0 Å². The molecule has 0 saturated heterocycles. The van der Waals surface area contributed by atoms with Crippen LogP contribution in [0.15, 0.2) is 48.1 Å². The molecule has 0 spiro atoms. The van der Waals surface area contributed by atoms with Crippen LogP contribution in [0, 0.1) is 17.8 Å². The number of hydrogen-bond donors (Lipinski definition) is 3. The van der Waals surface area contributed by atoms with Gasteiger partial charge in [0.2, 0.25) is 0 Å². The number of amidine groups is 1. The van der Waals surface area contributed by atoms with E-state index in [0.29, 0.717) is 41.2 Å². The van der Waals surface area contributed by atoms with E-state index in [4.69, 9.17) is 5.73 Å². The van der Waals surface area contributed by atoms with Crippen LogP contribution in [0.1, 0.15) is 42.9 Å². The Hall–Kier alpha value is -3.75. The molecule has 9 nitrogen and oxygen atoms in total. The van der Waals surface area contributed by atoms with E-state index in [0.717, 1.165) is 18.4 Å². The standard InChI is InChI=1S/C23H25F2N9/c1-15(28-10-17-5-9-21(29-11-17)34-14-27-13-31-34)32-19-8-7-18(6-4-16-2-3-16)33-22(19)23(26)30-12-20(24)25/h5,7-9,11,13-14,16,20,23,30H,2-3,10,12,26H2,1H3,(H,28,32). The first-order valence-corrected chi connectivity index (χ1v) is 10.9. The number of pyridine rings is 2. The Labute approximate surface area is 195 Å². The molecule has 0 aliphatic heterocycles. The van der Waals surface area contributed by atoms with Gasteiger partial charge >= 0.3 is 0 Å². The minimum atomic E-state index is -2.52. The van der Waals surface area contributed by atoms with Gasteiger partial charge in [0, 0.05) is 12.1 Å². The fourth-order valence-corrected chi connectivity index (χ4v) is 3.02. The highest BCUT2D eigenvalue weighted by molar-refractivity contribution is 5.94. The topological polar surface area (TPSA) is 119 Å². The first-order valence-electron chi connectivity index (χ1n) is 10.9. The van der Waals surface area contributed by atoms with Gasteiger partial charge in [-0.1, -0.05) is 12.0 Å². The van der Waals surface area contributed by atoms with Gasteiger partial charge in [0.05, 0.1) is 30.3 Å². The summed E-state index contributed by atoms with van der Waals surface area (Å²) in [6.45, 7) is 1.66. The molecule has 1 atom stereocenters. The summed E-state index contributed by atoms with van der Waals surface area (Å²) in [5.74, 6) is 7.88. The average molecular weight is 466 g/mol. The van der Waals surface area contributed by atoms with Crippen molar-refractivity contribution in [1.82, 2.24) is 30.0 Å². The maximum atomic E-state index is 12.7. The Morgan fingerprint density at radius 3 is 2.82 bits per heavy atom. The van der Waals surface area contributed by atoms with Gasteiger partial charge in [-0.15, -0.1) is 0 Å². The van der Waals surface area contributed by atoms with Crippen molar-refractivity contribution in [3.63, 3.8) is 0 Å². The molecule has 0 bridgehead atoms. The Morgan fingerprint density at radius 2 is 2.15 bits per heavy atom. The summed E-state index contributed by atoms with van der Waals surface area (Å²) in [6.07, 6.45) is 3.53. The monoisotopic (exact) mass is 465 g/mol. The number of nitrogens with one attached hydrogen (secondary N) is 2. The number of aliphatic imine (C=N–C) groups is 1. The van der Waals surface area contributed by atoms with Crippen LogP contribution < -0.4 is 16.4 Å². The zero-order valence-corrected chi connectivity index (χ0v) is 18.6. The van der Waals surface area contributed by atoms with Crippen LogP contribution in [0.5, 0.6) is 0 Å². The van der Waals surface area contributed by atoms with Crippen LogP contribution in [0.4, 0.5) is 14.5 Å². The number of nitrogens with zero attached hydrogens (tertiary/aromatic N) is 6. The van der Waals surface area contributed by atoms with E-state index in [9.17, 15) is 8.78 Å². The van der Waals surface area contributed by atoms with E-state index in [2.05, 4.69) is 47.5 Å². The van der Waals surface area contributed by atoms with Gasteiger partial charge in [0.1, 0.15) is 24.5 Å². The average Bonchev–Trinajstić information content (AvgIpc) is 3.51. The molecule has 1 saturated carbocycles. The Morgan fingerprint density at radius 1 is 1.29 bits per heavy atom. The molecule has 0 radical (unpaired) electrons. The first-order chi connectivity index (χ1) is 16.5. The summed E-state index contributed by atoms with van der Waals surface area (Å²) >= 11 is 0. The zero-order valence-electron chi connectivity index (χ0n) is 18.6. The molecule has 1 unspecified atom stereocenters. The van der Waals surface area contributed by atoms with Crippen LogP contribution in [0.3, 0.4) is 0 Å². The van der Waals surface area contributed by atoms with Gasteiger partial charge in [-0.05, 0) is 49.4 Å². The highest BCUT2D eigenvalue weighted by Gasteiger charge is 2.19. The molecule has 3 aromatic heterocycles. The van der Waals surface area contributed by atoms with Crippen molar-refractivity contribution < 1.29 is 8.78 Å². The van der Waals surface area contributed by atoms with Crippen molar-refractivity contribution in [2.24, 2.45) is 16.6 Å². The molecule has 4 rings (SSSR count). The molecule has 1 fully saturated rings. The van der Waals surface area contributed by atoms with Crippen molar-refractivity contribution in [2.75, 3.05) is 11.9 Å². The number of nitrogens with two attached hydrogens (primary N) is 1. The zero-order chi connectivity index (χ0) is 23.9. The third kappa shape index (κ3) is 6.63. The molecule has 11 heteroatoms. The lowest BCUT2D eigenvalue weighted by atomic mass is 10.2. The molecule has 0 aromatic carbocycles. The fraction of sp³-hybridized carbons (Fsp3) is 0.348. The van der Waals surface area contributed by atoms with E-state index in [1.807, 2.05) is 12.1 Å². The van der Waals surface area contributed by atoms with E-state index in [1.165, 1.54) is 6.33 Å². The summed E-state index contributed by atoms with van der Waals surface area (Å²) in [6, 6.07) is 7.31. The molecule has 4 N–H and O–H groups in total. The molecule has 176 valence electrons. The molecule has 3 aromatic rings. The maximum absolute atomic E-state index is 12.7. The van der Waals surface area contributed by atoms with E-state index < -0.39 is 19.1 Å². The van der Waals surface area contributed by atoms with Crippen molar-refractivity contribution in [3.8, 4) is 17.7 Å². The highest BCUT2D eigenvalue weighted by atomic mass is 19.3. The molecule has 0 amide bonds. The lowest BCUT2D eigenvalue weighted by Crippen LogP contribution is -2.34. The molecular formula is C23H25F2N9. The number of halogens is 2. The Bertz CT molecular complexity index is 1180. The third-order valence-corrected chi connectivity index (χ3v) is 4.97. The summed E-state index contributed by atoms with van der Waals surface area (Å²) in [4.78, 5) is 17.3. The van der Waals surface area contributed by atoms with Gasteiger partial charge in [0.15, 0.2) is 5.82 Å². The third-order valence-electron chi connectivity index (χ3n) is 4.97. The van der Waals surface area contributed by atoms with Crippen LogP contribution in [-0.4, -0.2) is 43.5 Å². The molecular weight excluding hydrogens is 440 g/mol. The number of rotatable bonds is 8. The van der Waals surface area contributed by atoms with Crippen LogP contribution >= 0.6 is 0 Å². The number of anilines is 1. The largest absolute Gasteiger partial charge is 0.343 e. The molecule has 1 aliphatic rings. The smallest absolute Gasteiger partial charge is 0.250 e. The van der Waals surface area contributed by atoms with Gasteiger partial charge in [-0.25, -0.2) is 28.4 Å². The van der Waals surface area contributed by atoms with Gasteiger partial charge < -0.3 is 11.1 Å². The SMILES string of the molecule is CC(=NCc1ccc(-n2cncn2)nc1)Nc1ccc(C#CC2CC2)nc1C(N)NCC(F)F. The first kappa shape index (κ1) is 23.4. The van der Waals surface area contributed by atoms with Crippen molar-refractivity contribution >= 4 is 11.5 Å². The number of alkyl halides is 2. The summed E-state index contributed by atoms with van der Waals surface area (Å²) < 4.78 is 26.9. The molecule has 3 heterocycles. The Kier molecular flexibility index (Phi) is 7.51. The lowest BCUT2D eigenvalue weighted by molar-refractivity contribution is 0.141. The molecule has 1 aliphatic carbocycles. The second-order valence-electron chi connectivity index (χ2n) is 7.84. The summed E-state index contributed by atoms with van der Waals surface area (Å²) in [5, 5.41) is 9.83. The van der Waals surface area contributed by atoms with Crippen LogP contribution in [0.2, 0.25) is 0 Å². The van der Waals surface area contributed by atoms with Gasteiger partial charge in [0.25, 0.3) is 6.43 Å². The summed E-state index contributed by atoms with van der Waals surface area (Å²) in [7, 11) is 0. The maximum Gasteiger partial charge on any atom is 0.250 e. The quantitative estimate of drug-likeness (QED) is 0.203. The van der Waals surface area contributed by atoms with E-state index in [1.54, 1.807) is 36.3 Å². The highest BCUT2D eigenvalue weighted by Crippen LogP contribution is 2.27. The normalized spacial score (nSPS) is 14.6. The predicted molar refractivity (Wildman–Crippen MR) is 124 cm³/mol. The van der Waals surface area contributed by atoms with Gasteiger partial charge in [-0.2, -0.15) is 5.10 Å². The minimum Gasteiger partial charge on any atom is -0.343 e.